The Morgan fingerprint density at radius 2 is 1.90 bits per heavy atom. The van der Waals surface area contributed by atoms with Crippen LogP contribution in [0.4, 0.5) is 0 Å². The van der Waals surface area contributed by atoms with E-state index in [1.807, 2.05) is 23.1 Å². The third-order valence-corrected chi connectivity index (χ3v) is 6.62. The van der Waals surface area contributed by atoms with Crippen molar-refractivity contribution < 1.29 is 14.6 Å². The zero-order valence-corrected chi connectivity index (χ0v) is 20.7. The van der Waals surface area contributed by atoms with E-state index in [1.54, 1.807) is 0 Å². The Labute approximate surface area is 202 Å². The molecule has 2 heterocycles. The van der Waals surface area contributed by atoms with Crippen LogP contribution in [-0.4, -0.2) is 79.3 Å². The second kappa shape index (κ2) is 11.0. The van der Waals surface area contributed by atoms with Gasteiger partial charge in [-0.15, -0.1) is 24.0 Å². The third kappa shape index (κ3) is 5.51. The fourth-order valence-electron chi connectivity index (χ4n) is 4.84. The maximum absolute atomic E-state index is 12.8. The minimum atomic E-state index is -0.887. The van der Waals surface area contributed by atoms with Crippen LogP contribution < -0.4 is 5.32 Å². The van der Waals surface area contributed by atoms with Crippen molar-refractivity contribution in [2.75, 3.05) is 52.5 Å². The molecule has 0 spiro atoms. The van der Waals surface area contributed by atoms with Gasteiger partial charge >= 0.3 is 0 Å². The number of nitrogens with one attached hydrogen (secondary N) is 1. The Balaban J connectivity index is 0.00000272. The molecular formula is C23H35IN4O3. The van der Waals surface area contributed by atoms with Crippen LogP contribution in [0.15, 0.2) is 29.3 Å². The lowest BCUT2D eigenvalue weighted by molar-refractivity contribution is -0.140. The van der Waals surface area contributed by atoms with E-state index < -0.39 is 5.60 Å². The second-order valence-electron chi connectivity index (χ2n) is 8.56. The van der Waals surface area contributed by atoms with Crippen LogP contribution in [0.5, 0.6) is 0 Å². The number of aryl methyl sites for hydroxylation is 1. The Morgan fingerprint density at radius 3 is 2.61 bits per heavy atom. The summed E-state index contributed by atoms with van der Waals surface area (Å²) in [6, 6.07) is 8.13. The highest BCUT2D eigenvalue weighted by Gasteiger charge is 2.37. The Kier molecular flexibility index (Phi) is 8.58. The summed E-state index contributed by atoms with van der Waals surface area (Å²) in [6.45, 7) is 7.53. The lowest BCUT2D eigenvalue weighted by Gasteiger charge is -2.37. The molecule has 7 nitrogen and oxygen atoms in total. The van der Waals surface area contributed by atoms with Crippen LogP contribution in [-0.2, 0) is 21.6 Å². The summed E-state index contributed by atoms with van der Waals surface area (Å²) in [5, 5.41) is 14.6. The van der Waals surface area contributed by atoms with Crippen molar-refractivity contribution in [3.05, 3.63) is 35.4 Å². The van der Waals surface area contributed by atoms with Gasteiger partial charge in [0.2, 0.25) is 5.91 Å². The number of hydrogen-bond acceptors (Lipinski definition) is 4. The van der Waals surface area contributed by atoms with Gasteiger partial charge in [0.25, 0.3) is 0 Å². The molecule has 1 atom stereocenters. The first-order valence-electron chi connectivity index (χ1n) is 11.3. The van der Waals surface area contributed by atoms with Gasteiger partial charge in [-0.2, -0.15) is 0 Å². The van der Waals surface area contributed by atoms with E-state index in [4.69, 9.17) is 9.73 Å². The topological polar surface area (TPSA) is 77.4 Å². The highest BCUT2D eigenvalue weighted by molar-refractivity contribution is 14.0. The fourth-order valence-corrected chi connectivity index (χ4v) is 4.84. The lowest BCUT2D eigenvalue weighted by Crippen LogP contribution is -2.50. The quantitative estimate of drug-likeness (QED) is 0.346. The zero-order valence-electron chi connectivity index (χ0n) is 18.4. The average Bonchev–Trinajstić information content (AvgIpc) is 3.14. The molecule has 31 heavy (non-hydrogen) atoms. The number of halogens is 1. The summed E-state index contributed by atoms with van der Waals surface area (Å²) in [6.07, 6.45) is 3.29. The van der Waals surface area contributed by atoms with Gasteiger partial charge < -0.3 is 25.0 Å². The van der Waals surface area contributed by atoms with E-state index in [0.29, 0.717) is 39.3 Å². The highest BCUT2D eigenvalue weighted by Crippen LogP contribution is 2.37. The van der Waals surface area contributed by atoms with Crippen molar-refractivity contribution in [1.29, 1.82) is 0 Å². The molecular weight excluding hydrogens is 507 g/mol. The molecule has 4 rings (SSSR count). The number of guanidine groups is 1. The smallest absolute Gasteiger partial charge is 0.225 e. The molecule has 172 valence electrons. The molecule has 2 fully saturated rings. The summed E-state index contributed by atoms with van der Waals surface area (Å²) in [5.41, 5.74) is 1.35. The average molecular weight is 542 g/mol. The molecule has 1 aromatic carbocycles. The molecule has 0 aromatic heterocycles. The van der Waals surface area contributed by atoms with E-state index in [-0.39, 0.29) is 35.8 Å². The minimum Gasteiger partial charge on any atom is -0.383 e. The molecule has 0 saturated carbocycles. The van der Waals surface area contributed by atoms with Gasteiger partial charge in [-0.25, -0.2) is 4.99 Å². The number of aliphatic hydroxyl groups is 1. The number of hydrogen-bond donors (Lipinski definition) is 2. The number of nitrogens with zero attached hydrogens (tertiary/aromatic N) is 3. The Bertz CT molecular complexity index is 776. The van der Waals surface area contributed by atoms with Crippen molar-refractivity contribution >= 4 is 35.8 Å². The number of amides is 1. The molecule has 2 aliphatic heterocycles. The fraction of sp³-hybridized carbons (Fsp3) is 0.652. The highest BCUT2D eigenvalue weighted by atomic mass is 127. The minimum absolute atomic E-state index is 0. The number of morpholine rings is 1. The first-order chi connectivity index (χ1) is 14.6. The summed E-state index contributed by atoms with van der Waals surface area (Å²) in [4.78, 5) is 21.8. The van der Waals surface area contributed by atoms with Crippen molar-refractivity contribution in [3.8, 4) is 0 Å². The van der Waals surface area contributed by atoms with Crippen LogP contribution in [0, 0.1) is 5.92 Å². The van der Waals surface area contributed by atoms with Gasteiger partial charge in [0.1, 0.15) is 5.60 Å². The van der Waals surface area contributed by atoms with Gasteiger partial charge in [-0.05, 0) is 43.7 Å². The van der Waals surface area contributed by atoms with Crippen molar-refractivity contribution in [2.24, 2.45) is 10.9 Å². The molecule has 3 aliphatic rings. The summed E-state index contributed by atoms with van der Waals surface area (Å²) in [5.74, 6) is 1.21. The van der Waals surface area contributed by atoms with Gasteiger partial charge in [-0.1, -0.05) is 24.3 Å². The summed E-state index contributed by atoms with van der Waals surface area (Å²) in [7, 11) is 0. The van der Waals surface area contributed by atoms with E-state index in [1.165, 1.54) is 5.56 Å². The largest absolute Gasteiger partial charge is 0.383 e. The third-order valence-electron chi connectivity index (χ3n) is 6.62. The summed E-state index contributed by atoms with van der Waals surface area (Å²) < 4.78 is 5.37. The number of carbonyl (C=O) groups excluding carboxylic acids is 1. The second-order valence-corrected chi connectivity index (χ2v) is 8.56. The molecule has 1 amide bonds. The Hall–Kier alpha value is -1.39. The van der Waals surface area contributed by atoms with Crippen molar-refractivity contribution in [1.82, 2.24) is 15.1 Å². The molecule has 1 unspecified atom stereocenters. The predicted octanol–water partition coefficient (Wildman–Crippen LogP) is 1.97. The number of aliphatic imine (C=N–C) groups is 1. The molecule has 8 heteroatoms. The number of benzene rings is 1. The number of rotatable bonds is 4. The number of fused-ring (bicyclic) bond motifs is 1. The van der Waals surface area contributed by atoms with Crippen LogP contribution in [0.2, 0.25) is 0 Å². The predicted molar refractivity (Wildman–Crippen MR) is 132 cm³/mol. The first-order valence-corrected chi connectivity index (χ1v) is 11.3. The van der Waals surface area contributed by atoms with Crippen LogP contribution in [0.3, 0.4) is 0 Å². The van der Waals surface area contributed by atoms with Crippen LogP contribution in [0.25, 0.3) is 0 Å². The van der Waals surface area contributed by atoms with E-state index in [2.05, 4.69) is 23.2 Å². The van der Waals surface area contributed by atoms with Crippen molar-refractivity contribution in [2.45, 2.75) is 38.2 Å². The maximum atomic E-state index is 12.8. The number of ether oxygens (including phenoxy) is 1. The van der Waals surface area contributed by atoms with Gasteiger partial charge in [0.15, 0.2) is 5.96 Å². The number of carbonyl (C=O) groups is 1. The van der Waals surface area contributed by atoms with E-state index >= 15 is 0 Å². The van der Waals surface area contributed by atoms with E-state index in [9.17, 15) is 9.90 Å². The zero-order chi connectivity index (χ0) is 21.0. The first kappa shape index (κ1) is 24.3. The SMILES string of the molecule is CCNC(=NCC1(O)CCc2ccccc21)N1CCC(C(=O)N2CCOCC2)CC1.I. The molecule has 0 radical (unpaired) electrons. The lowest BCUT2D eigenvalue weighted by atomic mass is 9.95. The normalized spacial score (nSPS) is 24.5. The summed E-state index contributed by atoms with van der Waals surface area (Å²) >= 11 is 0. The number of likely N-dealkylation sites (tertiary alicyclic amines) is 1. The molecule has 1 aliphatic carbocycles. The monoisotopic (exact) mass is 542 g/mol. The number of piperidine rings is 1. The molecule has 0 bridgehead atoms. The van der Waals surface area contributed by atoms with E-state index in [0.717, 1.165) is 50.4 Å². The van der Waals surface area contributed by atoms with Gasteiger partial charge in [0, 0.05) is 38.6 Å². The molecule has 2 saturated heterocycles. The molecule has 2 N–H and O–H groups in total. The van der Waals surface area contributed by atoms with Crippen molar-refractivity contribution in [3.63, 3.8) is 0 Å². The Morgan fingerprint density at radius 1 is 1.19 bits per heavy atom. The standard InChI is InChI=1S/C23H34N4O3.HI/c1-2-24-22(25-17-23(29)10-7-18-5-3-4-6-20(18)23)27-11-8-19(9-12-27)21(28)26-13-15-30-16-14-26;/h3-6,19,29H,2,7-17H2,1H3,(H,24,25);1H. The van der Waals surface area contributed by atoms with Gasteiger partial charge in [-0.3, -0.25) is 4.79 Å². The van der Waals surface area contributed by atoms with Crippen LogP contribution >= 0.6 is 24.0 Å². The molecule has 1 aromatic rings. The van der Waals surface area contributed by atoms with Gasteiger partial charge in [0.05, 0.1) is 19.8 Å². The van der Waals surface area contributed by atoms with Crippen LogP contribution in [0.1, 0.15) is 37.3 Å². The maximum Gasteiger partial charge on any atom is 0.225 e.